The number of halogens is 1. The van der Waals surface area contributed by atoms with E-state index in [-0.39, 0.29) is 6.54 Å². The van der Waals surface area contributed by atoms with Crippen molar-refractivity contribution in [2.75, 3.05) is 0 Å². The third-order valence-corrected chi connectivity index (χ3v) is 6.06. The summed E-state index contributed by atoms with van der Waals surface area (Å²) in [6.07, 6.45) is 3.10. The summed E-state index contributed by atoms with van der Waals surface area (Å²) >= 11 is 7.37. The number of nitrogens with zero attached hydrogens (tertiary/aromatic N) is 1. The van der Waals surface area contributed by atoms with Crippen LogP contribution in [-0.2, 0) is 23.1 Å². The van der Waals surface area contributed by atoms with Crippen LogP contribution in [0.2, 0.25) is 5.02 Å². The van der Waals surface area contributed by atoms with Crippen LogP contribution in [0.3, 0.4) is 0 Å². The van der Waals surface area contributed by atoms with Crippen molar-refractivity contribution in [2.45, 2.75) is 13.1 Å². The van der Waals surface area contributed by atoms with Crippen LogP contribution in [0.15, 0.2) is 70.0 Å². The molecule has 7 heteroatoms. The third kappa shape index (κ3) is 5.06. The van der Waals surface area contributed by atoms with Crippen molar-refractivity contribution in [3.63, 3.8) is 0 Å². The van der Waals surface area contributed by atoms with Crippen molar-refractivity contribution in [1.29, 1.82) is 0 Å². The van der Waals surface area contributed by atoms with E-state index in [1.165, 1.54) is 27.3 Å². The first-order chi connectivity index (χ1) is 12.0. The van der Waals surface area contributed by atoms with Gasteiger partial charge in [0.15, 0.2) is 0 Å². The van der Waals surface area contributed by atoms with E-state index in [0.29, 0.717) is 17.3 Å². The van der Waals surface area contributed by atoms with Crippen molar-refractivity contribution in [3.8, 4) is 0 Å². The van der Waals surface area contributed by atoms with Gasteiger partial charge in [0, 0.05) is 21.9 Å². The number of thiophene rings is 1. The van der Waals surface area contributed by atoms with E-state index in [0.717, 1.165) is 10.4 Å². The molecule has 25 heavy (non-hydrogen) atoms. The Morgan fingerprint density at radius 1 is 1.08 bits per heavy atom. The van der Waals surface area contributed by atoms with Crippen LogP contribution in [0, 0.1) is 0 Å². The molecular formula is C18H16ClNO3S2. The quantitative estimate of drug-likeness (QED) is 0.567. The highest BCUT2D eigenvalue weighted by atomic mass is 35.5. The molecule has 3 rings (SSSR count). The average molecular weight is 394 g/mol. The lowest BCUT2D eigenvalue weighted by molar-refractivity contribution is 0.365. The molecule has 1 aromatic carbocycles. The number of sulfonamides is 1. The first-order valence-corrected chi connectivity index (χ1v) is 10.3. The maximum atomic E-state index is 12.8. The summed E-state index contributed by atoms with van der Waals surface area (Å²) in [6.45, 7) is 0.476. The molecule has 0 bridgehead atoms. The molecule has 2 heterocycles. The van der Waals surface area contributed by atoms with Crippen molar-refractivity contribution < 1.29 is 12.8 Å². The lowest BCUT2D eigenvalue weighted by atomic mass is 10.2. The second kappa shape index (κ2) is 8.01. The van der Waals surface area contributed by atoms with E-state index in [1.54, 1.807) is 42.5 Å². The first-order valence-electron chi connectivity index (χ1n) is 7.51. The highest BCUT2D eigenvalue weighted by Crippen LogP contribution is 2.20. The summed E-state index contributed by atoms with van der Waals surface area (Å²) in [5.41, 5.74) is 0.766. The van der Waals surface area contributed by atoms with Crippen molar-refractivity contribution in [2.24, 2.45) is 0 Å². The molecular weight excluding hydrogens is 378 g/mol. The Hall–Kier alpha value is -1.86. The minimum Gasteiger partial charge on any atom is -0.468 e. The Balaban J connectivity index is 1.83. The van der Waals surface area contributed by atoms with Gasteiger partial charge in [-0.05, 0) is 47.4 Å². The molecule has 0 saturated heterocycles. The summed E-state index contributed by atoms with van der Waals surface area (Å²) in [5.74, 6) is 0.597. The number of hydrogen-bond donors (Lipinski definition) is 0. The Morgan fingerprint density at radius 3 is 2.52 bits per heavy atom. The fourth-order valence-corrected chi connectivity index (χ4v) is 4.27. The fourth-order valence-electron chi connectivity index (χ4n) is 2.21. The molecule has 0 saturated carbocycles. The Kier molecular flexibility index (Phi) is 5.75. The van der Waals surface area contributed by atoms with Crippen molar-refractivity contribution >= 4 is 39.0 Å². The van der Waals surface area contributed by atoms with Crippen LogP contribution in [0.4, 0.5) is 0 Å². The van der Waals surface area contributed by atoms with Gasteiger partial charge in [-0.25, -0.2) is 8.42 Å². The topological polar surface area (TPSA) is 50.5 Å². The standard InChI is InChI=1S/C18H16ClNO3S2/c19-16-7-5-15(6-8-16)9-12-25(21,22)20(13-17-3-1-10-23-17)14-18-4-2-11-24-18/h1-12H,13-14H2/b12-9+. The van der Waals surface area contributed by atoms with Crippen LogP contribution in [0.1, 0.15) is 16.2 Å². The molecule has 4 nitrogen and oxygen atoms in total. The van der Waals surface area contributed by atoms with Gasteiger partial charge in [0.05, 0.1) is 12.8 Å². The zero-order valence-electron chi connectivity index (χ0n) is 13.2. The van der Waals surface area contributed by atoms with E-state index in [1.807, 2.05) is 17.5 Å². The highest BCUT2D eigenvalue weighted by Gasteiger charge is 2.21. The molecule has 0 spiro atoms. The van der Waals surface area contributed by atoms with E-state index in [4.69, 9.17) is 16.0 Å². The van der Waals surface area contributed by atoms with E-state index < -0.39 is 10.0 Å². The molecule has 2 aromatic heterocycles. The van der Waals surface area contributed by atoms with Gasteiger partial charge in [-0.3, -0.25) is 0 Å². The van der Waals surface area contributed by atoms with Gasteiger partial charge >= 0.3 is 0 Å². The maximum absolute atomic E-state index is 12.8. The van der Waals surface area contributed by atoms with Crippen molar-refractivity contribution in [1.82, 2.24) is 4.31 Å². The molecule has 0 radical (unpaired) electrons. The summed E-state index contributed by atoms with van der Waals surface area (Å²) in [5, 5.41) is 3.75. The Bertz CT molecular complexity index is 879. The van der Waals surface area contributed by atoms with E-state index in [9.17, 15) is 8.42 Å². The zero-order valence-corrected chi connectivity index (χ0v) is 15.6. The lowest BCUT2D eigenvalue weighted by Gasteiger charge is -2.18. The SMILES string of the molecule is O=S(=O)(/C=C/c1ccc(Cl)cc1)N(Cc1ccco1)Cc1cccs1. The summed E-state index contributed by atoms with van der Waals surface area (Å²) in [4.78, 5) is 0.968. The maximum Gasteiger partial charge on any atom is 0.236 e. The second-order valence-corrected chi connectivity index (χ2v) is 8.61. The molecule has 130 valence electrons. The van der Waals surface area contributed by atoms with Gasteiger partial charge in [-0.1, -0.05) is 29.8 Å². The molecule has 0 aliphatic heterocycles. The Labute approximate surface area is 156 Å². The van der Waals surface area contributed by atoms with Crippen LogP contribution in [0.25, 0.3) is 6.08 Å². The van der Waals surface area contributed by atoms with E-state index >= 15 is 0 Å². The van der Waals surface area contributed by atoms with E-state index in [2.05, 4.69) is 0 Å². The van der Waals surface area contributed by atoms with Gasteiger partial charge in [0.2, 0.25) is 10.0 Å². The van der Waals surface area contributed by atoms with Gasteiger partial charge in [-0.2, -0.15) is 4.31 Å². The van der Waals surface area contributed by atoms with Crippen molar-refractivity contribution in [3.05, 3.63) is 86.8 Å². The predicted molar refractivity (Wildman–Crippen MR) is 102 cm³/mol. The minimum atomic E-state index is -3.62. The molecule has 0 fully saturated rings. The summed E-state index contributed by atoms with van der Waals surface area (Å²) in [7, 11) is -3.62. The molecule has 0 aliphatic rings. The molecule has 0 atom stereocenters. The largest absolute Gasteiger partial charge is 0.468 e. The van der Waals surface area contributed by atoms with Crippen LogP contribution < -0.4 is 0 Å². The smallest absolute Gasteiger partial charge is 0.236 e. The Morgan fingerprint density at radius 2 is 1.88 bits per heavy atom. The zero-order chi connectivity index (χ0) is 17.7. The molecule has 0 N–H and O–H groups in total. The number of hydrogen-bond acceptors (Lipinski definition) is 4. The van der Waals surface area contributed by atoms with Gasteiger partial charge in [0.1, 0.15) is 5.76 Å². The van der Waals surface area contributed by atoms with Gasteiger partial charge in [-0.15, -0.1) is 11.3 Å². The number of furan rings is 1. The van der Waals surface area contributed by atoms with Crippen LogP contribution in [-0.4, -0.2) is 12.7 Å². The first kappa shape index (κ1) is 17.9. The van der Waals surface area contributed by atoms with Crippen LogP contribution >= 0.6 is 22.9 Å². The normalized spacial score (nSPS) is 12.2. The molecule has 0 amide bonds. The summed E-state index contributed by atoms with van der Waals surface area (Å²) < 4.78 is 32.3. The molecule has 0 aliphatic carbocycles. The average Bonchev–Trinajstić information content (AvgIpc) is 3.28. The number of benzene rings is 1. The highest BCUT2D eigenvalue weighted by molar-refractivity contribution is 7.92. The molecule has 3 aromatic rings. The third-order valence-electron chi connectivity index (χ3n) is 3.49. The minimum absolute atomic E-state index is 0.179. The lowest BCUT2D eigenvalue weighted by Crippen LogP contribution is -2.28. The van der Waals surface area contributed by atoms with Gasteiger partial charge in [0.25, 0.3) is 0 Å². The second-order valence-electron chi connectivity index (χ2n) is 5.33. The van der Waals surface area contributed by atoms with Crippen LogP contribution in [0.5, 0.6) is 0 Å². The fraction of sp³-hybridized carbons (Fsp3) is 0.111. The predicted octanol–water partition coefficient (Wildman–Crippen LogP) is 5.00. The monoisotopic (exact) mass is 393 g/mol. The summed E-state index contributed by atoms with van der Waals surface area (Å²) in [6, 6.07) is 14.3. The van der Waals surface area contributed by atoms with Gasteiger partial charge < -0.3 is 4.42 Å². The number of rotatable bonds is 7. The molecule has 0 unspecified atom stereocenters.